The standard InChI is InChI=1S/C7H19N5O/c1-2-3-4-5-6-10-12(9)7(13)11-8/h10H,2-6,8-9H2,1H3,(H,11,13). The van der Waals surface area contributed by atoms with Crippen LogP contribution in [0.1, 0.15) is 32.6 Å². The Hall–Kier alpha value is -0.850. The molecule has 2 amide bonds. The number of nitrogens with two attached hydrogens (primary N) is 2. The van der Waals surface area contributed by atoms with Gasteiger partial charge in [0.25, 0.3) is 0 Å². The normalized spacial score (nSPS) is 9.77. The van der Waals surface area contributed by atoms with Crippen molar-refractivity contribution in [1.29, 1.82) is 0 Å². The van der Waals surface area contributed by atoms with Gasteiger partial charge in [-0.3, -0.25) is 5.43 Å². The Morgan fingerprint density at radius 1 is 1.38 bits per heavy atom. The molecule has 0 bridgehead atoms. The highest BCUT2D eigenvalue weighted by atomic mass is 16.2. The van der Waals surface area contributed by atoms with Crippen LogP contribution in [0.15, 0.2) is 0 Å². The molecule has 13 heavy (non-hydrogen) atoms. The van der Waals surface area contributed by atoms with Gasteiger partial charge in [-0.1, -0.05) is 26.2 Å². The number of nitrogens with zero attached hydrogens (tertiary/aromatic N) is 1. The number of amides is 2. The summed E-state index contributed by atoms with van der Waals surface area (Å²) in [6, 6.07) is -0.546. The van der Waals surface area contributed by atoms with Crippen molar-refractivity contribution >= 4 is 6.03 Å². The number of unbranched alkanes of at least 4 members (excludes halogenated alkanes) is 3. The zero-order valence-corrected chi connectivity index (χ0v) is 8.05. The van der Waals surface area contributed by atoms with Crippen LogP contribution >= 0.6 is 0 Å². The van der Waals surface area contributed by atoms with Gasteiger partial charge in [0.2, 0.25) is 0 Å². The average molecular weight is 189 g/mol. The third-order valence-corrected chi connectivity index (χ3v) is 1.65. The summed E-state index contributed by atoms with van der Waals surface area (Å²) in [6.07, 6.45) is 4.53. The van der Waals surface area contributed by atoms with Gasteiger partial charge in [0, 0.05) is 6.54 Å². The zero-order valence-electron chi connectivity index (χ0n) is 8.05. The molecule has 0 aromatic heterocycles. The van der Waals surface area contributed by atoms with E-state index < -0.39 is 6.03 Å². The highest BCUT2D eigenvalue weighted by Gasteiger charge is 2.04. The lowest BCUT2D eigenvalue weighted by atomic mass is 10.2. The van der Waals surface area contributed by atoms with Gasteiger partial charge in [0.05, 0.1) is 0 Å². The van der Waals surface area contributed by atoms with Gasteiger partial charge in [0.15, 0.2) is 0 Å². The number of carbonyl (C=O) groups excluding carboxylic acids is 1. The van der Waals surface area contributed by atoms with Crippen molar-refractivity contribution in [1.82, 2.24) is 16.0 Å². The first-order chi connectivity index (χ1) is 6.22. The Morgan fingerprint density at radius 2 is 2.08 bits per heavy atom. The Labute approximate surface area is 78.5 Å². The Morgan fingerprint density at radius 3 is 2.62 bits per heavy atom. The van der Waals surface area contributed by atoms with E-state index in [1.54, 1.807) is 0 Å². The van der Waals surface area contributed by atoms with E-state index in [1.807, 2.05) is 5.43 Å². The summed E-state index contributed by atoms with van der Waals surface area (Å²) in [5.41, 5.74) is 4.63. The maximum absolute atomic E-state index is 10.7. The number of carbonyl (C=O) groups is 1. The summed E-state index contributed by atoms with van der Waals surface area (Å²) in [5.74, 6) is 10.1. The SMILES string of the molecule is CCCCCCNN(N)C(=O)NN. The predicted octanol–water partition coefficient (Wildman–Crippen LogP) is -0.170. The lowest BCUT2D eigenvalue weighted by molar-refractivity contribution is 0.171. The molecule has 0 unspecified atom stereocenters. The fourth-order valence-electron chi connectivity index (χ4n) is 0.893. The first-order valence-electron chi connectivity index (χ1n) is 4.51. The van der Waals surface area contributed by atoms with Gasteiger partial charge in [-0.05, 0) is 6.42 Å². The number of hydrogen-bond acceptors (Lipinski definition) is 4. The molecule has 0 radical (unpaired) electrons. The maximum Gasteiger partial charge on any atom is 0.360 e. The van der Waals surface area contributed by atoms with Gasteiger partial charge in [-0.15, -0.1) is 0 Å². The minimum atomic E-state index is -0.546. The molecular formula is C7H19N5O. The first-order valence-corrected chi connectivity index (χ1v) is 4.51. The molecule has 0 aromatic carbocycles. The molecule has 6 nitrogen and oxygen atoms in total. The van der Waals surface area contributed by atoms with Crippen molar-refractivity contribution in [3.8, 4) is 0 Å². The van der Waals surface area contributed by atoms with Crippen molar-refractivity contribution in [3.63, 3.8) is 0 Å². The third kappa shape index (κ3) is 6.32. The van der Waals surface area contributed by atoms with Crippen molar-refractivity contribution in [2.24, 2.45) is 11.7 Å². The van der Waals surface area contributed by atoms with E-state index in [2.05, 4.69) is 12.3 Å². The lowest BCUT2D eigenvalue weighted by Crippen LogP contribution is -2.54. The second-order valence-electron chi connectivity index (χ2n) is 2.79. The van der Waals surface area contributed by atoms with Crippen LogP contribution in [-0.2, 0) is 0 Å². The summed E-state index contributed by atoms with van der Waals surface area (Å²) >= 11 is 0. The molecule has 78 valence electrons. The van der Waals surface area contributed by atoms with Gasteiger partial charge in [0.1, 0.15) is 0 Å². The van der Waals surface area contributed by atoms with Crippen LogP contribution in [0.2, 0.25) is 0 Å². The fourth-order valence-corrected chi connectivity index (χ4v) is 0.893. The monoisotopic (exact) mass is 189 g/mol. The third-order valence-electron chi connectivity index (χ3n) is 1.65. The molecule has 0 heterocycles. The molecule has 0 fully saturated rings. The molecule has 0 atom stereocenters. The van der Waals surface area contributed by atoms with Crippen LogP contribution in [0.5, 0.6) is 0 Å². The minimum Gasteiger partial charge on any atom is -0.274 e. The van der Waals surface area contributed by atoms with Crippen LogP contribution in [0.25, 0.3) is 0 Å². The zero-order chi connectivity index (χ0) is 10.1. The van der Waals surface area contributed by atoms with Crippen molar-refractivity contribution < 1.29 is 4.79 Å². The molecule has 0 rings (SSSR count). The average Bonchev–Trinajstić information content (AvgIpc) is 2.16. The summed E-state index contributed by atoms with van der Waals surface area (Å²) in [6.45, 7) is 2.83. The highest BCUT2D eigenvalue weighted by molar-refractivity contribution is 5.72. The maximum atomic E-state index is 10.7. The Balaban J connectivity index is 3.26. The van der Waals surface area contributed by atoms with E-state index in [9.17, 15) is 4.79 Å². The number of nitrogens with one attached hydrogen (secondary N) is 2. The van der Waals surface area contributed by atoms with Crippen molar-refractivity contribution in [3.05, 3.63) is 0 Å². The predicted molar refractivity (Wildman–Crippen MR) is 50.9 cm³/mol. The molecule has 0 saturated heterocycles. The van der Waals surface area contributed by atoms with Crippen LogP contribution in [-0.4, -0.2) is 17.7 Å². The number of rotatable bonds is 6. The molecule has 0 saturated carbocycles. The van der Waals surface area contributed by atoms with Crippen molar-refractivity contribution in [2.45, 2.75) is 32.6 Å². The fraction of sp³-hybridized carbons (Fsp3) is 0.857. The molecule has 0 aliphatic heterocycles. The Kier molecular flexibility index (Phi) is 7.27. The summed E-state index contributed by atoms with van der Waals surface area (Å²) in [7, 11) is 0. The van der Waals surface area contributed by atoms with Crippen LogP contribution < -0.4 is 22.5 Å². The van der Waals surface area contributed by atoms with E-state index in [4.69, 9.17) is 11.7 Å². The molecule has 0 aliphatic carbocycles. The van der Waals surface area contributed by atoms with Crippen LogP contribution in [0.3, 0.4) is 0 Å². The molecule has 6 heteroatoms. The van der Waals surface area contributed by atoms with Gasteiger partial charge in [-0.25, -0.2) is 21.9 Å². The number of urea groups is 1. The van der Waals surface area contributed by atoms with E-state index in [-0.39, 0.29) is 0 Å². The number of hydrogen-bond donors (Lipinski definition) is 4. The Bertz CT molecular complexity index is 141. The minimum absolute atomic E-state index is 0.546. The quantitative estimate of drug-likeness (QED) is 0.202. The van der Waals surface area contributed by atoms with E-state index in [0.29, 0.717) is 6.54 Å². The highest BCUT2D eigenvalue weighted by Crippen LogP contribution is 1.96. The largest absolute Gasteiger partial charge is 0.360 e. The van der Waals surface area contributed by atoms with Crippen molar-refractivity contribution in [2.75, 3.05) is 6.54 Å². The molecule has 6 N–H and O–H groups in total. The number of hydrazine groups is 3. The summed E-state index contributed by atoms with van der Waals surface area (Å²) in [4.78, 5) is 10.7. The molecule has 0 spiro atoms. The summed E-state index contributed by atoms with van der Waals surface area (Å²) in [5, 5.41) is 0.853. The van der Waals surface area contributed by atoms with Gasteiger partial charge in [-0.2, -0.15) is 5.12 Å². The second kappa shape index (κ2) is 7.78. The molecule has 0 aromatic rings. The van der Waals surface area contributed by atoms with E-state index in [0.717, 1.165) is 18.0 Å². The van der Waals surface area contributed by atoms with E-state index >= 15 is 0 Å². The van der Waals surface area contributed by atoms with Crippen LogP contribution in [0, 0.1) is 0 Å². The topological polar surface area (TPSA) is 96.4 Å². The lowest BCUT2D eigenvalue weighted by Gasteiger charge is -2.16. The van der Waals surface area contributed by atoms with E-state index in [1.165, 1.54) is 12.8 Å². The van der Waals surface area contributed by atoms with Crippen LogP contribution in [0.4, 0.5) is 4.79 Å². The van der Waals surface area contributed by atoms with Gasteiger partial charge < -0.3 is 0 Å². The smallest absolute Gasteiger partial charge is 0.274 e. The first kappa shape index (κ1) is 12.2. The van der Waals surface area contributed by atoms with Gasteiger partial charge >= 0.3 is 6.03 Å². The molecular weight excluding hydrogens is 170 g/mol. The second-order valence-corrected chi connectivity index (χ2v) is 2.79. The molecule has 0 aliphatic rings. The summed E-state index contributed by atoms with van der Waals surface area (Å²) < 4.78 is 0.